The van der Waals surface area contributed by atoms with Crippen molar-refractivity contribution in [3.8, 4) is 10.6 Å². The van der Waals surface area contributed by atoms with Gasteiger partial charge in [0.05, 0.1) is 4.88 Å². The molecule has 7 heteroatoms. The van der Waals surface area contributed by atoms with Crippen molar-refractivity contribution >= 4 is 34.0 Å². The van der Waals surface area contributed by atoms with E-state index in [-0.39, 0.29) is 17.5 Å². The first-order valence-corrected chi connectivity index (χ1v) is 8.19. The number of amides is 1. The molecule has 0 saturated carbocycles. The number of hydrogen-bond acceptors (Lipinski definition) is 6. The molecule has 1 N–H and O–H groups in total. The number of aromatic nitrogens is 2. The normalized spacial score (nSPS) is 11.1. The predicted molar refractivity (Wildman–Crippen MR) is 91.3 cm³/mol. The summed E-state index contributed by atoms with van der Waals surface area (Å²) in [7, 11) is 0. The Bertz CT molecular complexity index is 1030. The fourth-order valence-corrected chi connectivity index (χ4v) is 3.27. The Kier molecular flexibility index (Phi) is 3.42. The molecule has 0 atom stereocenters. The quantitative estimate of drug-likeness (QED) is 0.598. The lowest BCUT2D eigenvalue weighted by Crippen LogP contribution is -2.13. The average Bonchev–Trinajstić information content (AvgIpc) is 3.28. The molecule has 0 fully saturated rings. The highest BCUT2D eigenvalue weighted by Gasteiger charge is 2.21. The number of nitrogens with one attached hydrogen (secondary N) is 1. The molecule has 3 aromatic heterocycles. The maximum atomic E-state index is 12.6. The van der Waals surface area contributed by atoms with Crippen LogP contribution in [0.2, 0.25) is 0 Å². The van der Waals surface area contributed by atoms with Crippen LogP contribution in [-0.2, 0) is 0 Å². The topological polar surface area (TPSA) is 81.2 Å². The van der Waals surface area contributed by atoms with Crippen LogP contribution in [0.15, 0.2) is 44.8 Å². The minimum absolute atomic E-state index is 0.260. The number of carbonyl (C=O) groups is 1. The van der Waals surface area contributed by atoms with Crippen molar-refractivity contribution in [3.63, 3.8) is 0 Å². The summed E-state index contributed by atoms with van der Waals surface area (Å²) in [5.41, 5.74) is 3.09. The van der Waals surface area contributed by atoms with E-state index in [1.807, 2.05) is 49.6 Å². The highest BCUT2D eigenvalue weighted by atomic mass is 32.1. The molecule has 3 heterocycles. The number of thiophene rings is 1. The first-order chi connectivity index (χ1) is 11.6. The third-order valence-electron chi connectivity index (χ3n) is 3.77. The number of fused-ring (bicyclic) bond motifs is 1. The molecule has 6 nitrogen and oxygen atoms in total. The zero-order chi connectivity index (χ0) is 16.7. The van der Waals surface area contributed by atoms with E-state index in [4.69, 9.17) is 9.05 Å². The molecule has 4 aromatic rings. The zero-order valence-corrected chi connectivity index (χ0v) is 13.8. The third kappa shape index (κ3) is 2.39. The van der Waals surface area contributed by atoms with Crippen LogP contribution in [0, 0.1) is 13.8 Å². The maximum absolute atomic E-state index is 12.6. The molecule has 0 aliphatic rings. The third-order valence-corrected chi connectivity index (χ3v) is 4.65. The number of benzene rings is 1. The number of anilines is 1. The zero-order valence-electron chi connectivity index (χ0n) is 13.0. The van der Waals surface area contributed by atoms with Crippen LogP contribution >= 0.6 is 11.3 Å². The minimum Gasteiger partial charge on any atom is -0.451 e. The summed E-state index contributed by atoms with van der Waals surface area (Å²) in [6.45, 7) is 3.86. The van der Waals surface area contributed by atoms with E-state index in [9.17, 15) is 4.79 Å². The lowest BCUT2D eigenvalue weighted by Gasteiger charge is -2.00. The summed E-state index contributed by atoms with van der Waals surface area (Å²) >= 11 is 1.49. The molecule has 0 aliphatic heterocycles. The molecule has 1 aromatic carbocycles. The number of hydrogen-bond donors (Lipinski definition) is 1. The highest BCUT2D eigenvalue weighted by molar-refractivity contribution is 7.13. The Morgan fingerprint density at radius 3 is 2.88 bits per heavy atom. The van der Waals surface area contributed by atoms with Gasteiger partial charge in [-0.15, -0.1) is 11.3 Å². The molecule has 0 aliphatic carbocycles. The van der Waals surface area contributed by atoms with Crippen molar-refractivity contribution in [2.24, 2.45) is 0 Å². The van der Waals surface area contributed by atoms with Crippen LogP contribution in [-0.4, -0.2) is 16.2 Å². The summed E-state index contributed by atoms with van der Waals surface area (Å²) in [4.78, 5) is 13.5. The monoisotopic (exact) mass is 339 g/mol. The summed E-state index contributed by atoms with van der Waals surface area (Å²) in [6.07, 6.45) is 0. The summed E-state index contributed by atoms with van der Waals surface area (Å²) in [5, 5.41) is 13.2. The molecule has 0 unspecified atom stereocenters. The second-order valence-electron chi connectivity index (χ2n) is 5.45. The fraction of sp³-hybridized carbons (Fsp3) is 0.118. The molecule has 0 saturated heterocycles. The summed E-state index contributed by atoms with van der Waals surface area (Å²) in [6, 6.07) is 9.59. The van der Waals surface area contributed by atoms with Gasteiger partial charge in [-0.3, -0.25) is 10.1 Å². The van der Waals surface area contributed by atoms with E-state index in [0.717, 1.165) is 21.4 Å². The number of rotatable bonds is 3. The van der Waals surface area contributed by atoms with E-state index < -0.39 is 0 Å². The van der Waals surface area contributed by atoms with Gasteiger partial charge in [-0.1, -0.05) is 17.7 Å². The number of furan rings is 1. The minimum atomic E-state index is -0.380. The Morgan fingerprint density at radius 1 is 1.21 bits per heavy atom. The molecule has 1 amide bonds. The smallest absolute Gasteiger partial charge is 0.292 e. The lowest BCUT2D eigenvalue weighted by molar-refractivity contribution is 0.0997. The van der Waals surface area contributed by atoms with Gasteiger partial charge >= 0.3 is 0 Å². The SMILES string of the molecule is Cc1ccc2oc(C(=O)Nc3nonc3-c3cccs3)c(C)c2c1. The van der Waals surface area contributed by atoms with Crippen LogP contribution in [0.25, 0.3) is 21.5 Å². The Morgan fingerprint density at radius 2 is 2.08 bits per heavy atom. The first kappa shape index (κ1) is 14.6. The summed E-state index contributed by atoms with van der Waals surface area (Å²) < 4.78 is 10.5. The largest absolute Gasteiger partial charge is 0.451 e. The van der Waals surface area contributed by atoms with Gasteiger partial charge in [0.1, 0.15) is 5.58 Å². The highest BCUT2D eigenvalue weighted by Crippen LogP contribution is 2.30. The Balaban J connectivity index is 1.69. The second kappa shape index (κ2) is 5.61. The van der Waals surface area contributed by atoms with E-state index in [0.29, 0.717) is 11.3 Å². The van der Waals surface area contributed by atoms with Gasteiger partial charge in [0.25, 0.3) is 5.91 Å². The Hall–Kier alpha value is -2.93. The van der Waals surface area contributed by atoms with Gasteiger partial charge in [0.15, 0.2) is 11.5 Å². The van der Waals surface area contributed by atoms with Crippen molar-refractivity contribution in [1.29, 1.82) is 0 Å². The van der Waals surface area contributed by atoms with Crippen molar-refractivity contribution in [3.05, 3.63) is 52.6 Å². The van der Waals surface area contributed by atoms with Crippen LogP contribution in [0.5, 0.6) is 0 Å². The summed E-state index contributed by atoms with van der Waals surface area (Å²) in [5.74, 6) is 0.157. The van der Waals surface area contributed by atoms with Crippen LogP contribution in [0.1, 0.15) is 21.7 Å². The molecular weight excluding hydrogens is 326 g/mol. The molecule has 4 rings (SSSR count). The number of nitrogens with zero attached hydrogens (tertiary/aromatic N) is 2. The molecule has 24 heavy (non-hydrogen) atoms. The first-order valence-electron chi connectivity index (χ1n) is 7.31. The van der Waals surface area contributed by atoms with E-state index >= 15 is 0 Å². The van der Waals surface area contributed by atoms with Crippen LogP contribution in [0.4, 0.5) is 5.82 Å². The molecule has 0 radical (unpaired) electrons. The number of carbonyl (C=O) groups excluding carboxylic acids is 1. The predicted octanol–water partition coefficient (Wildman–Crippen LogP) is 4.41. The van der Waals surface area contributed by atoms with Gasteiger partial charge in [-0.2, -0.15) is 0 Å². The van der Waals surface area contributed by atoms with Gasteiger partial charge in [0.2, 0.25) is 5.82 Å². The molecule has 0 spiro atoms. The molecule has 0 bridgehead atoms. The average molecular weight is 339 g/mol. The van der Waals surface area contributed by atoms with Crippen LogP contribution < -0.4 is 5.32 Å². The van der Waals surface area contributed by atoms with E-state index in [1.165, 1.54) is 11.3 Å². The van der Waals surface area contributed by atoms with Crippen molar-refractivity contribution in [2.75, 3.05) is 5.32 Å². The van der Waals surface area contributed by atoms with Gasteiger partial charge in [-0.25, -0.2) is 4.63 Å². The molecule has 120 valence electrons. The van der Waals surface area contributed by atoms with Crippen molar-refractivity contribution in [1.82, 2.24) is 10.3 Å². The standard InChI is InChI=1S/C17H13N3O3S/c1-9-5-6-12-11(8-9)10(2)15(22-12)17(21)18-16-14(19-23-20-16)13-4-3-7-24-13/h3-8H,1-2H3,(H,18,20,21). The van der Waals surface area contributed by atoms with E-state index in [1.54, 1.807) is 0 Å². The molecular formula is C17H13N3O3S. The van der Waals surface area contributed by atoms with Gasteiger partial charge < -0.3 is 4.42 Å². The maximum Gasteiger partial charge on any atom is 0.292 e. The van der Waals surface area contributed by atoms with Crippen molar-refractivity contribution in [2.45, 2.75) is 13.8 Å². The van der Waals surface area contributed by atoms with Gasteiger partial charge in [0, 0.05) is 10.9 Å². The lowest BCUT2D eigenvalue weighted by atomic mass is 10.1. The number of aryl methyl sites for hydroxylation is 2. The van der Waals surface area contributed by atoms with Crippen molar-refractivity contribution < 1.29 is 13.8 Å². The Labute approximate surface area is 141 Å². The van der Waals surface area contributed by atoms with Gasteiger partial charge in [-0.05, 0) is 47.7 Å². The fourth-order valence-electron chi connectivity index (χ4n) is 2.56. The second-order valence-corrected chi connectivity index (χ2v) is 6.40. The van der Waals surface area contributed by atoms with E-state index in [2.05, 4.69) is 15.6 Å². The van der Waals surface area contributed by atoms with Crippen LogP contribution in [0.3, 0.4) is 0 Å².